The Hall–Kier alpha value is -1.36. The van der Waals surface area contributed by atoms with Crippen molar-refractivity contribution in [3.63, 3.8) is 0 Å². The molecule has 104 valence electrons. The van der Waals surface area contributed by atoms with Gasteiger partial charge in [-0.3, -0.25) is 9.89 Å². The molecule has 19 heavy (non-hydrogen) atoms. The number of nitrogens with one attached hydrogen (secondary N) is 2. The van der Waals surface area contributed by atoms with Gasteiger partial charge in [0.2, 0.25) is 5.91 Å². The van der Waals surface area contributed by atoms with Crippen molar-refractivity contribution in [3.8, 4) is 0 Å². The number of aromatic amines is 1. The molecule has 2 unspecified atom stereocenters. The van der Waals surface area contributed by atoms with Crippen LogP contribution in [0.1, 0.15) is 44.2 Å². The highest BCUT2D eigenvalue weighted by atomic mass is 16.2. The van der Waals surface area contributed by atoms with Crippen molar-refractivity contribution in [1.82, 2.24) is 20.4 Å². The zero-order valence-electron chi connectivity index (χ0n) is 11.5. The molecule has 2 aliphatic heterocycles. The maximum Gasteiger partial charge on any atom is 0.242 e. The fraction of sp³-hybridized carbons (Fsp3) is 0.714. The van der Waals surface area contributed by atoms with Gasteiger partial charge in [-0.15, -0.1) is 0 Å². The largest absolute Gasteiger partial charge is 0.340 e. The molecule has 0 spiro atoms. The van der Waals surface area contributed by atoms with Gasteiger partial charge in [0.25, 0.3) is 0 Å². The first kappa shape index (κ1) is 12.7. The van der Waals surface area contributed by atoms with Crippen molar-refractivity contribution < 1.29 is 4.79 Å². The van der Waals surface area contributed by atoms with E-state index in [4.69, 9.17) is 0 Å². The lowest BCUT2D eigenvalue weighted by molar-refractivity contribution is -0.138. The third-order valence-electron chi connectivity index (χ3n) is 4.51. The van der Waals surface area contributed by atoms with Crippen LogP contribution in [0, 0.1) is 0 Å². The normalized spacial score (nSPS) is 31.6. The zero-order chi connectivity index (χ0) is 13.3. The number of rotatable bonds is 2. The highest BCUT2D eigenvalue weighted by Gasteiger charge is 2.40. The molecule has 1 aromatic heterocycles. The van der Waals surface area contributed by atoms with Crippen LogP contribution >= 0.6 is 0 Å². The Morgan fingerprint density at radius 3 is 3.11 bits per heavy atom. The van der Waals surface area contributed by atoms with Crippen LogP contribution in [0.5, 0.6) is 0 Å². The van der Waals surface area contributed by atoms with E-state index in [0.29, 0.717) is 5.92 Å². The minimum absolute atomic E-state index is 0.272. The van der Waals surface area contributed by atoms with Gasteiger partial charge in [-0.1, -0.05) is 0 Å². The molecule has 0 bridgehead atoms. The number of carbonyl (C=O) groups is 1. The van der Waals surface area contributed by atoms with E-state index in [1.54, 1.807) is 6.20 Å². The molecule has 0 radical (unpaired) electrons. The average molecular weight is 262 g/mol. The van der Waals surface area contributed by atoms with Gasteiger partial charge >= 0.3 is 0 Å². The van der Waals surface area contributed by atoms with Crippen LogP contribution in [0.25, 0.3) is 0 Å². The Morgan fingerprint density at radius 2 is 2.42 bits per heavy atom. The Kier molecular flexibility index (Phi) is 3.31. The second-order valence-electron chi connectivity index (χ2n) is 5.96. The molecular formula is C14H22N4O. The molecule has 0 aliphatic carbocycles. The van der Waals surface area contributed by atoms with Gasteiger partial charge in [-0.2, -0.15) is 5.10 Å². The molecule has 5 heteroatoms. The fourth-order valence-corrected chi connectivity index (χ4v) is 3.34. The van der Waals surface area contributed by atoms with Gasteiger partial charge in [0.05, 0.1) is 5.54 Å². The summed E-state index contributed by atoms with van der Waals surface area (Å²) in [6, 6.07) is 2.02. The summed E-state index contributed by atoms with van der Waals surface area (Å²) in [5.74, 6) is 0.680. The Balaban J connectivity index is 1.69. The van der Waals surface area contributed by atoms with Gasteiger partial charge in [-0.05, 0) is 45.2 Å². The topological polar surface area (TPSA) is 61.0 Å². The van der Waals surface area contributed by atoms with Gasteiger partial charge in [0.1, 0.15) is 0 Å². The summed E-state index contributed by atoms with van der Waals surface area (Å²) in [5.41, 5.74) is 0.817. The molecule has 2 aliphatic rings. The fourth-order valence-electron chi connectivity index (χ4n) is 3.34. The molecule has 3 heterocycles. The molecule has 3 rings (SSSR count). The number of likely N-dealkylation sites (tertiary alicyclic amines) is 1. The van der Waals surface area contributed by atoms with Crippen molar-refractivity contribution in [2.75, 3.05) is 19.6 Å². The summed E-state index contributed by atoms with van der Waals surface area (Å²) < 4.78 is 0. The maximum atomic E-state index is 12.7. The third kappa shape index (κ3) is 2.39. The van der Waals surface area contributed by atoms with E-state index in [1.165, 1.54) is 0 Å². The van der Waals surface area contributed by atoms with Gasteiger partial charge in [0, 0.05) is 30.9 Å². The maximum absolute atomic E-state index is 12.7. The highest BCUT2D eigenvalue weighted by Crippen LogP contribution is 2.28. The molecule has 0 aromatic carbocycles. The van der Waals surface area contributed by atoms with E-state index in [9.17, 15) is 4.79 Å². The lowest BCUT2D eigenvalue weighted by Gasteiger charge is -2.37. The molecule has 1 amide bonds. The van der Waals surface area contributed by atoms with E-state index in [1.807, 2.05) is 17.9 Å². The van der Waals surface area contributed by atoms with Gasteiger partial charge in [-0.25, -0.2) is 0 Å². The van der Waals surface area contributed by atoms with Crippen LogP contribution in [0.4, 0.5) is 0 Å². The van der Waals surface area contributed by atoms with Crippen LogP contribution in [-0.4, -0.2) is 46.2 Å². The Morgan fingerprint density at radius 1 is 1.53 bits per heavy atom. The predicted octanol–water partition coefficient (Wildman–Crippen LogP) is 1.26. The number of piperidine rings is 1. The van der Waals surface area contributed by atoms with E-state index >= 15 is 0 Å². The van der Waals surface area contributed by atoms with E-state index in [2.05, 4.69) is 15.5 Å². The minimum Gasteiger partial charge on any atom is -0.340 e. The molecule has 2 saturated heterocycles. The van der Waals surface area contributed by atoms with Crippen molar-refractivity contribution in [1.29, 1.82) is 0 Å². The predicted molar refractivity (Wildman–Crippen MR) is 72.8 cm³/mol. The minimum atomic E-state index is -0.337. The summed E-state index contributed by atoms with van der Waals surface area (Å²) in [6.45, 7) is 4.71. The molecule has 2 fully saturated rings. The van der Waals surface area contributed by atoms with E-state index < -0.39 is 0 Å². The SMILES string of the molecule is CC1(C(=O)N2CCCC(c3ccn[nH]3)C2)CCCN1. The lowest BCUT2D eigenvalue weighted by Crippen LogP contribution is -2.54. The first-order chi connectivity index (χ1) is 9.19. The number of aromatic nitrogens is 2. The standard InChI is InChI=1S/C14H22N4O/c1-14(6-3-7-15-14)13(19)18-9-2-4-11(10-18)12-5-8-16-17-12/h5,8,11,15H,2-4,6-7,9-10H2,1H3,(H,16,17). The zero-order valence-corrected chi connectivity index (χ0v) is 11.5. The summed E-state index contributed by atoms with van der Waals surface area (Å²) in [4.78, 5) is 14.7. The lowest BCUT2D eigenvalue weighted by atomic mass is 9.91. The van der Waals surface area contributed by atoms with E-state index in [-0.39, 0.29) is 11.4 Å². The summed E-state index contributed by atoms with van der Waals surface area (Å²) in [7, 11) is 0. The number of hydrogen-bond donors (Lipinski definition) is 2. The third-order valence-corrected chi connectivity index (χ3v) is 4.51. The average Bonchev–Trinajstić information content (AvgIpc) is 3.10. The quantitative estimate of drug-likeness (QED) is 0.843. The molecule has 5 nitrogen and oxygen atoms in total. The molecule has 0 saturated carbocycles. The monoisotopic (exact) mass is 262 g/mol. The second kappa shape index (κ2) is 4.96. The number of carbonyl (C=O) groups excluding carboxylic acids is 1. The van der Waals surface area contributed by atoms with Crippen LogP contribution in [0.2, 0.25) is 0 Å². The molecular weight excluding hydrogens is 240 g/mol. The van der Waals surface area contributed by atoms with E-state index in [0.717, 1.165) is 51.0 Å². The van der Waals surface area contributed by atoms with Crippen LogP contribution in [-0.2, 0) is 4.79 Å². The van der Waals surface area contributed by atoms with Crippen LogP contribution < -0.4 is 5.32 Å². The number of hydrogen-bond acceptors (Lipinski definition) is 3. The van der Waals surface area contributed by atoms with Crippen molar-refractivity contribution in [2.45, 2.75) is 44.1 Å². The summed E-state index contributed by atoms with van der Waals surface area (Å²) >= 11 is 0. The van der Waals surface area contributed by atoms with Gasteiger partial charge < -0.3 is 10.2 Å². The number of amides is 1. The molecule has 2 N–H and O–H groups in total. The van der Waals surface area contributed by atoms with Crippen molar-refractivity contribution in [3.05, 3.63) is 18.0 Å². The van der Waals surface area contributed by atoms with Crippen molar-refractivity contribution in [2.24, 2.45) is 0 Å². The van der Waals surface area contributed by atoms with Crippen molar-refractivity contribution >= 4 is 5.91 Å². The van der Waals surface area contributed by atoms with Crippen LogP contribution in [0.15, 0.2) is 12.3 Å². The molecule has 1 aromatic rings. The number of H-pyrrole nitrogens is 1. The molecule has 2 atom stereocenters. The number of nitrogens with zero attached hydrogens (tertiary/aromatic N) is 2. The Labute approximate surface area is 113 Å². The summed E-state index contributed by atoms with van der Waals surface area (Å²) in [5, 5.41) is 10.4. The summed E-state index contributed by atoms with van der Waals surface area (Å²) in [6.07, 6.45) is 6.05. The van der Waals surface area contributed by atoms with Crippen LogP contribution in [0.3, 0.4) is 0 Å². The smallest absolute Gasteiger partial charge is 0.242 e. The first-order valence-electron chi connectivity index (χ1n) is 7.23. The van der Waals surface area contributed by atoms with Gasteiger partial charge in [0.15, 0.2) is 0 Å². The Bertz CT molecular complexity index is 436. The highest BCUT2D eigenvalue weighted by molar-refractivity contribution is 5.86. The first-order valence-corrected chi connectivity index (χ1v) is 7.23. The second-order valence-corrected chi connectivity index (χ2v) is 5.96.